The molecular weight excluding hydrogens is 326 g/mol. The molecule has 0 spiro atoms. The first-order valence-corrected chi connectivity index (χ1v) is 9.52. The minimum absolute atomic E-state index is 0.184. The van der Waals surface area contributed by atoms with E-state index in [1.54, 1.807) is 0 Å². The van der Waals surface area contributed by atoms with Crippen molar-refractivity contribution in [3.8, 4) is 11.5 Å². The van der Waals surface area contributed by atoms with Crippen LogP contribution in [0.15, 0.2) is 48.5 Å². The first-order valence-electron chi connectivity index (χ1n) is 9.52. The molecule has 1 saturated heterocycles. The predicted octanol–water partition coefficient (Wildman–Crippen LogP) is 4.10. The number of carbonyl (C=O) groups is 1. The third kappa shape index (κ3) is 3.34. The minimum atomic E-state index is -0.414. The number of para-hydroxylation sites is 2. The fourth-order valence-electron chi connectivity index (χ4n) is 4.11. The van der Waals surface area contributed by atoms with Crippen molar-refractivity contribution in [1.82, 2.24) is 0 Å². The Balaban J connectivity index is 1.50. The number of rotatable bonds is 4. The summed E-state index contributed by atoms with van der Waals surface area (Å²) < 4.78 is 12.7. The molecule has 0 aliphatic carbocycles. The molecule has 0 unspecified atom stereocenters. The standard InChI is InChI=1S/C22H26NO3/c1-23(13-7-2-8-14-23)15-16-25-22(24)21-17-9-3-5-11-19(17)26-20-12-6-4-10-18(20)21/h3-6,9-12,21H,2,7-8,13-16H2,1H3/q+1. The van der Waals surface area contributed by atoms with E-state index in [4.69, 9.17) is 9.47 Å². The van der Waals surface area contributed by atoms with E-state index in [2.05, 4.69) is 7.05 Å². The van der Waals surface area contributed by atoms with Crippen molar-refractivity contribution in [2.24, 2.45) is 0 Å². The lowest BCUT2D eigenvalue weighted by Crippen LogP contribution is -2.50. The van der Waals surface area contributed by atoms with Gasteiger partial charge < -0.3 is 14.0 Å². The second-order valence-electron chi connectivity index (χ2n) is 7.63. The summed E-state index contributed by atoms with van der Waals surface area (Å²) in [5.41, 5.74) is 1.77. The van der Waals surface area contributed by atoms with E-state index in [-0.39, 0.29) is 5.97 Å². The summed E-state index contributed by atoms with van der Waals surface area (Å²) in [5, 5.41) is 0. The molecule has 136 valence electrons. The maximum Gasteiger partial charge on any atom is 0.318 e. The largest absolute Gasteiger partial charge is 0.459 e. The van der Waals surface area contributed by atoms with Gasteiger partial charge in [0, 0.05) is 11.1 Å². The average Bonchev–Trinajstić information content (AvgIpc) is 2.66. The smallest absolute Gasteiger partial charge is 0.318 e. The molecule has 2 aliphatic rings. The summed E-state index contributed by atoms with van der Waals surface area (Å²) in [6.45, 7) is 3.72. The van der Waals surface area contributed by atoms with Crippen molar-refractivity contribution < 1.29 is 18.8 Å². The van der Waals surface area contributed by atoms with E-state index in [1.165, 1.54) is 32.4 Å². The van der Waals surface area contributed by atoms with Crippen LogP contribution in [0.25, 0.3) is 0 Å². The quantitative estimate of drug-likeness (QED) is 0.614. The number of piperidine rings is 1. The average molecular weight is 352 g/mol. The highest BCUT2D eigenvalue weighted by Gasteiger charge is 2.34. The van der Waals surface area contributed by atoms with Gasteiger partial charge in [0.15, 0.2) is 0 Å². The highest BCUT2D eigenvalue weighted by Crippen LogP contribution is 2.44. The Morgan fingerprint density at radius 2 is 1.58 bits per heavy atom. The number of ether oxygens (including phenoxy) is 2. The topological polar surface area (TPSA) is 35.5 Å². The first-order chi connectivity index (χ1) is 12.7. The monoisotopic (exact) mass is 352 g/mol. The lowest BCUT2D eigenvalue weighted by Gasteiger charge is -2.37. The predicted molar refractivity (Wildman–Crippen MR) is 100 cm³/mol. The van der Waals surface area contributed by atoms with E-state index >= 15 is 0 Å². The zero-order chi connectivity index (χ0) is 18.0. The van der Waals surface area contributed by atoms with Gasteiger partial charge in [0.25, 0.3) is 0 Å². The van der Waals surface area contributed by atoms with Crippen molar-refractivity contribution in [2.75, 3.05) is 33.3 Å². The molecule has 2 aromatic carbocycles. The molecule has 2 heterocycles. The molecule has 4 nitrogen and oxygen atoms in total. The van der Waals surface area contributed by atoms with E-state index in [0.717, 1.165) is 33.7 Å². The molecule has 0 amide bonds. The van der Waals surface area contributed by atoms with Gasteiger partial charge in [0.1, 0.15) is 30.6 Å². The van der Waals surface area contributed by atoms with Gasteiger partial charge in [-0.15, -0.1) is 0 Å². The van der Waals surface area contributed by atoms with Crippen molar-refractivity contribution in [3.05, 3.63) is 59.7 Å². The van der Waals surface area contributed by atoms with E-state index in [0.29, 0.717) is 6.61 Å². The minimum Gasteiger partial charge on any atom is -0.459 e. The molecule has 0 N–H and O–H groups in total. The van der Waals surface area contributed by atoms with E-state index in [9.17, 15) is 4.79 Å². The van der Waals surface area contributed by atoms with Gasteiger partial charge in [0.05, 0.1) is 20.1 Å². The van der Waals surface area contributed by atoms with Crippen molar-refractivity contribution in [2.45, 2.75) is 25.2 Å². The summed E-state index contributed by atoms with van der Waals surface area (Å²) in [5.74, 6) is 0.881. The first kappa shape index (κ1) is 17.1. The van der Waals surface area contributed by atoms with Crippen LogP contribution in [0.4, 0.5) is 0 Å². The number of carbonyl (C=O) groups excluding carboxylic acids is 1. The van der Waals surface area contributed by atoms with Crippen LogP contribution in [0.1, 0.15) is 36.3 Å². The number of quaternary nitrogens is 1. The number of likely N-dealkylation sites (tertiary alicyclic amines) is 1. The molecule has 1 fully saturated rings. The van der Waals surface area contributed by atoms with Crippen LogP contribution >= 0.6 is 0 Å². The zero-order valence-corrected chi connectivity index (χ0v) is 15.3. The van der Waals surface area contributed by atoms with E-state index < -0.39 is 5.92 Å². The number of nitrogens with zero attached hydrogens (tertiary/aromatic N) is 1. The van der Waals surface area contributed by atoms with Gasteiger partial charge >= 0.3 is 5.97 Å². The molecule has 2 aromatic rings. The SMILES string of the molecule is C[N+]1(CCOC(=O)C2c3ccccc3Oc3ccccc32)CCCCC1. The van der Waals surface area contributed by atoms with Gasteiger partial charge in [-0.2, -0.15) is 0 Å². The molecule has 0 aromatic heterocycles. The van der Waals surface area contributed by atoms with Crippen molar-refractivity contribution in [3.63, 3.8) is 0 Å². The summed E-state index contributed by atoms with van der Waals surface area (Å²) in [6, 6.07) is 15.5. The van der Waals surface area contributed by atoms with Crippen molar-refractivity contribution in [1.29, 1.82) is 0 Å². The fraction of sp³-hybridized carbons (Fsp3) is 0.409. The van der Waals surface area contributed by atoms with Gasteiger partial charge in [-0.25, -0.2) is 0 Å². The summed E-state index contributed by atoms with van der Waals surface area (Å²) in [4.78, 5) is 13.0. The Morgan fingerprint density at radius 3 is 2.19 bits per heavy atom. The summed E-state index contributed by atoms with van der Waals surface area (Å²) >= 11 is 0. The Hall–Kier alpha value is -2.33. The lowest BCUT2D eigenvalue weighted by molar-refractivity contribution is -0.914. The van der Waals surface area contributed by atoms with Crippen LogP contribution < -0.4 is 4.74 Å². The Morgan fingerprint density at radius 1 is 1.00 bits per heavy atom. The van der Waals surface area contributed by atoms with Gasteiger partial charge in [-0.05, 0) is 31.4 Å². The highest BCUT2D eigenvalue weighted by molar-refractivity contribution is 5.85. The fourth-order valence-corrected chi connectivity index (χ4v) is 4.11. The molecule has 0 radical (unpaired) electrons. The molecule has 0 saturated carbocycles. The summed E-state index contributed by atoms with van der Waals surface area (Å²) in [6.07, 6.45) is 3.86. The lowest BCUT2D eigenvalue weighted by atomic mass is 9.88. The number of fused-ring (bicyclic) bond motifs is 2. The number of benzene rings is 2. The molecule has 4 heteroatoms. The third-order valence-corrected chi connectivity index (χ3v) is 5.69. The van der Waals surface area contributed by atoms with Gasteiger partial charge in [-0.3, -0.25) is 4.79 Å². The van der Waals surface area contributed by atoms with E-state index in [1.807, 2.05) is 48.5 Å². The second kappa shape index (κ2) is 7.12. The molecule has 26 heavy (non-hydrogen) atoms. The van der Waals surface area contributed by atoms with Crippen LogP contribution in [0.5, 0.6) is 11.5 Å². The van der Waals surface area contributed by atoms with Gasteiger partial charge in [0.2, 0.25) is 0 Å². The highest BCUT2D eigenvalue weighted by atomic mass is 16.5. The third-order valence-electron chi connectivity index (χ3n) is 5.69. The number of hydrogen-bond donors (Lipinski definition) is 0. The maximum atomic E-state index is 13.0. The van der Waals surface area contributed by atoms with Crippen LogP contribution in [0, 0.1) is 0 Å². The van der Waals surface area contributed by atoms with Crippen LogP contribution in [0.3, 0.4) is 0 Å². The van der Waals surface area contributed by atoms with Crippen LogP contribution in [0.2, 0.25) is 0 Å². The maximum absolute atomic E-state index is 13.0. The number of likely N-dealkylation sites (N-methyl/N-ethyl adjacent to an activating group) is 1. The Kier molecular flexibility index (Phi) is 4.68. The Labute approximate surface area is 154 Å². The normalized spacial score (nSPS) is 18.3. The van der Waals surface area contributed by atoms with Crippen LogP contribution in [-0.2, 0) is 9.53 Å². The molecule has 2 aliphatic heterocycles. The molecule has 0 atom stereocenters. The van der Waals surface area contributed by atoms with Crippen LogP contribution in [-0.4, -0.2) is 43.7 Å². The van der Waals surface area contributed by atoms with Crippen molar-refractivity contribution >= 4 is 5.97 Å². The molecule has 0 bridgehead atoms. The molecular formula is C22H26NO3+. The number of hydrogen-bond acceptors (Lipinski definition) is 3. The van der Waals surface area contributed by atoms with Gasteiger partial charge in [-0.1, -0.05) is 36.4 Å². The zero-order valence-electron chi connectivity index (χ0n) is 15.3. The number of esters is 1. The Bertz CT molecular complexity index is 750. The molecule has 4 rings (SSSR count). The summed E-state index contributed by atoms with van der Waals surface area (Å²) in [7, 11) is 2.27. The second-order valence-corrected chi connectivity index (χ2v) is 7.63.